The van der Waals surface area contributed by atoms with Gasteiger partial charge in [0, 0.05) is 6.07 Å². The Balaban J connectivity index is 2.29. The minimum absolute atomic E-state index is 0.0888. The lowest BCUT2D eigenvalue weighted by molar-refractivity contribution is -0.384. The first kappa shape index (κ1) is 14.3. The highest BCUT2D eigenvalue weighted by Gasteiger charge is 2.34. The molecule has 0 aliphatic heterocycles. The maximum Gasteiger partial charge on any atom is 0.293 e. The van der Waals surface area contributed by atoms with E-state index < -0.39 is 23.2 Å². The molecule has 3 N–H and O–H groups in total. The zero-order chi connectivity index (χ0) is 14.2. The van der Waals surface area contributed by atoms with E-state index in [0.29, 0.717) is 12.8 Å². The molecule has 2 rings (SSSR count). The van der Waals surface area contributed by atoms with Gasteiger partial charge >= 0.3 is 0 Å². The van der Waals surface area contributed by atoms with Crippen LogP contribution in [0.15, 0.2) is 12.1 Å². The lowest BCUT2D eigenvalue weighted by Gasteiger charge is -2.19. The summed E-state index contributed by atoms with van der Waals surface area (Å²) in [5, 5.41) is 33.3. The van der Waals surface area contributed by atoms with E-state index in [0.717, 1.165) is 6.07 Å². The van der Waals surface area contributed by atoms with Crippen LogP contribution in [0.25, 0.3) is 0 Å². The van der Waals surface area contributed by atoms with Crippen molar-refractivity contribution in [3.63, 3.8) is 0 Å². The molecule has 8 heteroatoms. The summed E-state index contributed by atoms with van der Waals surface area (Å²) >= 11 is 11.6. The third-order valence-electron chi connectivity index (χ3n) is 3.16. The van der Waals surface area contributed by atoms with Gasteiger partial charge in [-0.25, -0.2) is 0 Å². The van der Waals surface area contributed by atoms with E-state index in [-0.39, 0.29) is 21.4 Å². The number of hydrogen-bond acceptors (Lipinski definition) is 5. The first-order chi connectivity index (χ1) is 8.90. The van der Waals surface area contributed by atoms with E-state index in [1.807, 2.05) is 0 Å². The van der Waals surface area contributed by atoms with Crippen LogP contribution >= 0.6 is 23.2 Å². The van der Waals surface area contributed by atoms with Gasteiger partial charge in [-0.3, -0.25) is 10.1 Å². The summed E-state index contributed by atoms with van der Waals surface area (Å²) in [5.74, 6) is 0. The van der Waals surface area contributed by atoms with Crippen LogP contribution in [-0.4, -0.2) is 33.4 Å². The van der Waals surface area contributed by atoms with Gasteiger partial charge in [-0.1, -0.05) is 23.2 Å². The predicted molar refractivity (Wildman–Crippen MR) is 71.8 cm³/mol. The minimum Gasteiger partial charge on any atom is -0.390 e. The van der Waals surface area contributed by atoms with Crippen molar-refractivity contribution in [1.29, 1.82) is 0 Å². The summed E-state index contributed by atoms with van der Waals surface area (Å²) in [6, 6.07) is 2.05. The molecule has 0 aromatic heterocycles. The van der Waals surface area contributed by atoms with Gasteiger partial charge in [-0.05, 0) is 18.9 Å². The highest BCUT2D eigenvalue weighted by atomic mass is 35.5. The topological polar surface area (TPSA) is 95.6 Å². The van der Waals surface area contributed by atoms with Crippen molar-refractivity contribution < 1.29 is 15.1 Å². The van der Waals surface area contributed by atoms with E-state index in [4.69, 9.17) is 23.2 Å². The normalized spacial score (nSPS) is 26.4. The third-order valence-corrected chi connectivity index (χ3v) is 3.88. The number of nitro benzene ring substituents is 1. The van der Waals surface area contributed by atoms with Crippen LogP contribution in [0.1, 0.15) is 12.8 Å². The Labute approximate surface area is 119 Å². The maximum absolute atomic E-state index is 11.0. The van der Waals surface area contributed by atoms with Crippen LogP contribution in [0.4, 0.5) is 11.4 Å². The van der Waals surface area contributed by atoms with Crippen LogP contribution in [0.5, 0.6) is 0 Å². The van der Waals surface area contributed by atoms with E-state index >= 15 is 0 Å². The number of aliphatic hydroxyl groups is 2. The average molecular weight is 307 g/mol. The number of nitro groups is 1. The van der Waals surface area contributed by atoms with Gasteiger partial charge in [0.2, 0.25) is 0 Å². The van der Waals surface area contributed by atoms with Crippen molar-refractivity contribution in [3.05, 3.63) is 32.3 Å². The zero-order valence-electron chi connectivity index (χ0n) is 9.72. The van der Waals surface area contributed by atoms with Crippen LogP contribution < -0.4 is 5.32 Å². The first-order valence-electron chi connectivity index (χ1n) is 5.66. The Hall–Kier alpha value is -1.08. The van der Waals surface area contributed by atoms with Gasteiger partial charge in [0.25, 0.3) is 5.69 Å². The number of aliphatic hydroxyl groups excluding tert-OH is 2. The fourth-order valence-corrected chi connectivity index (χ4v) is 2.44. The summed E-state index contributed by atoms with van der Waals surface area (Å²) in [4.78, 5) is 10.4. The Morgan fingerprint density at radius 3 is 2.42 bits per heavy atom. The molecule has 1 fully saturated rings. The lowest BCUT2D eigenvalue weighted by Crippen LogP contribution is -2.34. The highest BCUT2D eigenvalue weighted by molar-refractivity contribution is 6.42. The molecule has 19 heavy (non-hydrogen) atoms. The molecule has 1 aliphatic carbocycles. The van der Waals surface area contributed by atoms with Crippen molar-refractivity contribution in [1.82, 2.24) is 0 Å². The highest BCUT2D eigenvalue weighted by Crippen LogP contribution is 2.35. The summed E-state index contributed by atoms with van der Waals surface area (Å²) in [5.41, 5.74) is -0.0412. The van der Waals surface area contributed by atoms with Crippen LogP contribution in [0.2, 0.25) is 10.0 Å². The molecule has 1 saturated carbocycles. The van der Waals surface area contributed by atoms with Crippen molar-refractivity contribution in [2.45, 2.75) is 31.1 Å². The number of halogens is 2. The second-order valence-corrected chi connectivity index (χ2v) is 5.24. The average Bonchev–Trinajstić information content (AvgIpc) is 2.65. The van der Waals surface area contributed by atoms with E-state index in [9.17, 15) is 20.3 Å². The lowest BCUT2D eigenvalue weighted by atomic mass is 10.1. The SMILES string of the molecule is O=[N+]([O-])c1cc(Cl)c(Cl)cc1N[C@H]1CC[C@H](O)[C@H]1O. The molecule has 1 aromatic carbocycles. The number of nitrogens with zero attached hydrogens (tertiary/aromatic N) is 1. The summed E-state index contributed by atoms with van der Waals surface area (Å²) in [7, 11) is 0. The second kappa shape index (κ2) is 5.50. The number of rotatable bonds is 3. The van der Waals surface area contributed by atoms with Crippen molar-refractivity contribution in [2.75, 3.05) is 5.32 Å². The van der Waals surface area contributed by atoms with Crippen molar-refractivity contribution in [2.24, 2.45) is 0 Å². The van der Waals surface area contributed by atoms with E-state index in [2.05, 4.69) is 5.32 Å². The molecule has 6 nitrogen and oxygen atoms in total. The largest absolute Gasteiger partial charge is 0.390 e. The Bertz CT molecular complexity index is 512. The van der Waals surface area contributed by atoms with Crippen LogP contribution in [-0.2, 0) is 0 Å². The van der Waals surface area contributed by atoms with E-state index in [1.54, 1.807) is 0 Å². The smallest absolute Gasteiger partial charge is 0.293 e. The number of benzene rings is 1. The van der Waals surface area contributed by atoms with Gasteiger partial charge in [0.15, 0.2) is 0 Å². The Morgan fingerprint density at radius 1 is 1.26 bits per heavy atom. The molecule has 3 atom stereocenters. The second-order valence-electron chi connectivity index (χ2n) is 4.43. The molecule has 1 aromatic rings. The molecule has 0 radical (unpaired) electrons. The minimum atomic E-state index is -0.964. The molecule has 0 spiro atoms. The van der Waals surface area contributed by atoms with Gasteiger partial charge in [0.05, 0.1) is 33.2 Å². The van der Waals surface area contributed by atoms with Crippen LogP contribution in [0, 0.1) is 10.1 Å². The Kier molecular flexibility index (Phi) is 4.15. The fourth-order valence-electron chi connectivity index (χ4n) is 2.12. The van der Waals surface area contributed by atoms with Crippen LogP contribution in [0.3, 0.4) is 0 Å². The molecule has 1 aliphatic rings. The standard InChI is InChI=1S/C11H12Cl2N2O4/c12-5-3-8(9(15(18)19)4-6(5)13)14-7-1-2-10(16)11(7)17/h3-4,7,10-11,14,16-17H,1-2H2/t7-,10-,11-/m0/s1. The van der Waals surface area contributed by atoms with Gasteiger partial charge in [-0.2, -0.15) is 0 Å². The molecule has 0 unspecified atom stereocenters. The molecule has 0 heterocycles. The first-order valence-corrected chi connectivity index (χ1v) is 6.42. The van der Waals surface area contributed by atoms with Gasteiger partial charge < -0.3 is 15.5 Å². The van der Waals surface area contributed by atoms with Crippen molar-refractivity contribution in [3.8, 4) is 0 Å². The number of anilines is 1. The van der Waals surface area contributed by atoms with Crippen molar-refractivity contribution >= 4 is 34.6 Å². The Morgan fingerprint density at radius 2 is 1.89 bits per heavy atom. The molecular weight excluding hydrogens is 295 g/mol. The number of hydrogen-bond donors (Lipinski definition) is 3. The third kappa shape index (κ3) is 2.92. The van der Waals surface area contributed by atoms with E-state index in [1.165, 1.54) is 6.07 Å². The predicted octanol–water partition coefficient (Wildman–Crippen LogP) is 2.20. The summed E-state index contributed by atoms with van der Waals surface area (Å²) < 4.78 is 0. The molecule has 104 valence electrons. The van der Waals surface area contributed by atoms with Gasteiger partial charge in [-0.15, -0.1) is 0 Å². The molecule has 0 amide bonds. The summed E-state index contributed by atoms with van der Waals surface area (Å²) in [6.45, 7) is 0. The molecule has 0 saturated heterocycles. The zero-order valence-corrected chi connectivity index (χ0v) is 11.2. The summed E-state index contributed by atoms with van der Waals surface area (Å²) in [6.07, 6.45) is -0.832. The fraction of sp³-hybridized carbons (Fsp3) is 0.455. The molecular formula is C11H12Cl2N2O4. The maximum atomic E-state index is 11.0. The molecule has 0 bridgehead atoms. The van der Waals surface area contributed by atoms with Gasteiger partial charge in [0.1, 0.15) is 5.69 Å². The quantitative estimate of drug-likeness (QED) is 0.587. The monoisotopic (exact) mass is 306 g/mol. The number of nitrogens with one attached hydrogen (secondary N) is 1.